The van der Waals surface area contributed by atoms with Crippen LogP contribution in [0.4, 0.5) is 13.2 Å². The van der Waals surface area contributed by atoms with E-state index in [-0.39, 0.29) is 4.88 Å². The minimum atomic E-state index is -4.77. The summed E-state index contributed by atoms with van der Waals surface area (Å²) in [6.45, 7) is 0. The van der Waals surface area contributed by atoms with Gasteiger partial charge in [0.05, 0.1) is 14.2 Å². The van der Waals surface area contributed by atoms with Gasteiger partial charge in [0.15, 0.2) is 5.69 Å². The molecule has 0 radical (unpaired) electrons. The molecule has 2 rings (SSSR count). The Hall–Kier alpha value is -1.88. The van der Waals surface area contributed by atoms with E-state index in [0.29, 0.717) is 3.79 Å². The van der Waals surface area contributed by atoms with Crippen molar-refractivity contribution in [2.45, 2.75) is 6.18 Å². The summed E-state index contributed by atoms with van der Waals surface area (Å²) < 4.78 is 39.8. The van der Waals surface area contributed by atoms with Gasteiger partial charge < -0.3 is 0 Å². The van der Waals surface area contributed by atoms with Crippen LogP contribution in [0, 0.1) is 0 Å². The van der Waals surface area contributed by atoms with Crippen molar-refractivity contribution in [3.63, 3.8) is 0 Å². The first-order chi connectivity index (χ1) is 10.2. The molecule has 0 atom stereocenters. The minimum Gasteiger partial charge on any atom is -0.274 e. The van der Waals surface area contributed by atoms with Gasteiger partial charge in [-0.2, -0.15) is 18.3 Å². The number of thiophene rings is 1. The molecular weight excluding hydrogens is 389 g/mol. The molecule has 0 fully saturated rings. The Morgan fingerprint density at radius 3 is 2.45 bits per heavy atom. The summed E-state index contributed by atoms with van der Waals surface area (Å²) in [6.07, 6.45) is -3.84. The summed E-state index contributed by atoms with van der Waals surface area (Å²) in [5, 5.41) is 3.21. The number of hydrazine groups is 1. The molecule has 6 nitrogen and oxygen atoms in total. The highest BCUT2D eigenvalue weighted by molar-refractivity contribution is 9.11. The molecule has 22 heavy (non-hydrogen) atoms. The van der Waals surface area contributed by atoms with E-state index in [1.807, 2.05) is 10.9 Å². The normalized spacial score (nSPS) is 11.3. The number of aryl methyl sites for hydroxylation is 1. The number of aromatic nitrogens is 2. The van der Waals surface area contributed by atoms with Gasteiger partial charge >= 0.3 is 6.18 Å². The van der Waals surface area contributed by atoms with Gasteiger partial charge in [0.25, 0.3) is 11.8 Å². The van der Waals surface area contributed by atoms with Crippen LogP contribution in [-0.4, -0.2) is 21.6 Å². The molecule has 0 saturated heterocycles. The van der Waals surface area contributed by atoms with Crippen LogP contribution in [0.1, 0.15) is 25.7 Å². The molecule has 0 aromatic carbocycles. The molecule has 11 heteroatoms. The molecule has 2 amide bonds. The lowest BCUT2D eigenvalue weighted by atomic mass is 10.2. The summed E-state index contributed by atoms with van der Waals surface area (Å²) >= 11 is 4.28. The highest BCUT2D eigenvalue weighted by Gasteiger charge is 2.39. The fourth-order valence-electron chi connectivity index (χ4n) is 1.54. The SMILES string of the molecule is Cn1cc(C(=O)NNC(=O)c2ccc(Br)s2)c(C(F)(F)F)n1. The molecule has 2 aromatic rings. The van der Waals surface area contributed by atoms with Crippen LogP contribution >= 0.6 is 27.3 Å². The summed E-state index contributed by atoms with van der Waals surface area (Å²) in [5.74, 6) is -1.74. The van der Waals surface area contributed by atoms with Crippen molar-refractivity contribution in [1.82, 2.24) is 20.6 Å². The molecule has 0 aliphatic carbocycles. The van der Waals surface area contributed by atoms with Crippen molar-refractivity contribution in [1.29, 1.82) is 0 Å². The van der Waals surface area contributed by atoms with E-state index in [2.05, 4.69) is 21.0 Å². The minimum absolute atomic E-state index is 0.286. The fourth-order valence-corrected chi connectivity index (χ4v) is 2.82. The molecule has 0 unspecified atom stereocenters. The summed E-state index contributed by atoms with van der Waals surface area (Å²) in [4.78, 5) is 23.8. The van der Waals surface area contributed by atoms with Gasteiger partial charge in [-0.25, -0.2) is 0 Å². The van der Waals surface area contributed by atoms with E-state index in [9.17, 15) is 22.8 Å². The maximum atomic E-state index is 12.7. The van der Waals surface area contributed by atoms with Gasteiger partial charge in [0, 0.05) is 13.2 Å². The number of alkyl halides is 3. The maximum absolute atomic E-state index is 12.7. The second-order valence-electron chi connectivity index (χ2n) is 4.07. The van der Waals surface area contributed by atoms with Crippen LogP contribution < -0.4 is 10.9 Å². The first-order valence-corrected chi connectivity index (χ1v) is 7.26. The highest BCUT2D eigenvalue weighted by Crippen LogP contribution is 2.30. The lowest BCUT2D eigenvalue weighted by Gasteiger charge is -2.07. The van der Waals surface area contributed by atoms with Crippen LogP contribution in [0.3, 0.4) is 0 Å². The third-order valence-corrected chi connectivity index (χ3v) is 4.05. The number of nitrogens with zero attached hydrogens (tertiary/aromatic N) is 2. The van der Waals surface area contributed by atoms with Crippen LogP contribution in [0.5, 0.6) is 0 Å². The van der Waals surface area contributed by atoms with Crippen molar-refractivity contribution < 1.29 is 22.8 Å². The third-order valence-electron chi connectivity index (χ3n) is 2.43. The van der Waals surface area contributed by atoms with E-state index in [4.69, 9.17) is 0 Å². The van der Waals surface area contributed by atoms with Crippen molar-refractivity contribution in [2.24, 2.45) is 7.05 Å². The highest BCUT2D eigenvalue weighted by atomic mass is 79.9. The number of hydrogen-bond acceptors (Lipinski definition) is 4. The lowest BCUT2D eigenvalue weighted by molar-refractivity contribution is -0.141. The average molecular weight is 397 g/mol. The molecule has 118 valence electrons. The zero-order valence-corrected chi connectivity index (χ0v) is 13.3. The first kappa shape index (κ1) is 16.5. The van der Waals surface area contributed by atoms with Gasteiger partial charge in [-0.15, -0.1) is 11.3 Å². The van der Waals surface area contributed by atoms with E-state index >= 15 is 0 Å². The predicted molar refractivity (Wildman–Crippen MR) is 75.2 cm³/mol. The van der Waals surface area contributed by atoms with Crippen molar-refractivity contribution in [3.8, 4) is 0 Å². The number of nitrogens with one attached hydrogen (secondary N) is 2. The lowest BCUT2D eigenvalue weighted by Crippen LogP contribution is -2.41. The van der Waals surface area contributed by atoms with Crippen molar-refractivity contribution >= 4 is 39.1 Å². The topological polar surface area (TPSA) is 76.0 Å². The predicted octanol–water partition coefficient (Wildman–Crippen LogP) is 2.34. The Morgan fingerprint density at radius 1 is 1.27 bits per heavy atom. The number of rotatable bonds is 2. The van der Waals surface area contributed by atoms with Crippen LogP contribution in [0.2, 0.25) is 0 Å². The average Bonchev–Trinajstić information content (AvgIpc) is 3.01. The Labute approximate surface area is 134 Å². The van der Waals surface area contributed by atoms with Crippen molar-refractivity contribution in [3.05, 3.63) is 38.3 Å². The molecule has 0 spiro atoms. The second-order valence-corrected chi connectivity index (χ2v) is 6.54. The quantitative estimate of drug-likeness (QED) is 0.764. The monoisotopic (exact) mass is 396 g/mol. The molecule has 0 bridgehead atoms. The summed E-state index contributed by atoms with van der Waals surface area (Å²) in [5.41, 5.74) is 1.98. The number of carbonyl (C=O) groups excluding carboxylic acids is 2. The summed E-state index contributed by atoms with van der Waals surface area (Å²) in [6, 6.07) is 3.13. The second kappa shape index (κ2) is 6.08. The zero-order chi connectivity index (χ0) is 16.5. The van der Waals surface area contributed by atoms with Gasteiger partial charge in [-0.05, 0) is 28.1 Å². The Balaban J connectivity index is 2.09. The Bertz CT molecular complexity index is 725. The number of hydrogen-bond donors (Lipinski definition) is 2. The van der Waals surface area contributed by atoms with Crippen LogP contribution in [0.25, 0.3) is 0 Å². The number of amides is 2. The van der Waals surface area contributed by atoms with Gasteiger partial charge in [0.2, 0.25) is 0 Å². The first-order valence-electron chi connectivity index (χ1n) is 5.65. The third kappa shape index (κ3) is 3.65. The van der Waals surface area contributed by atoms with E-state index in [1.54, 1.807) is 6.07 Å². The van der Waals surface area contributed by atoms with E-state index < -0.39 is 29.2 Å². The van der Waals surface area contributed by atoms with Gasteiger partial charge in [0.1, 0.15) is 0 Å². The Morgan fingerprint density at radius 2 is 1.91 bits per heavy atom. The molecule has 0 saturated carbocycles. The van der Waals surface area contributed by atoms with Crippen LogP contribution in [-0.2, 0) is 13.2 Å². The Kier molecular flexibility index (Phi) is 4.56. The number of halogens is 4. The molecule has 0 aliphatic heterocycles. The zero-order valence-electron chi connectivity index (χ0n) is 10.9. The van der Waals surface area contributed by atoms with Crippen molar-refractivity contribution in [2.75, 3.05) is 0 Å². The van der Waals surface area contributed by atoms with Gasteiger partial charge in [-0.1, -0.05) is 0 Å². The molecule has 0 aliphatic rings. The largest absolute Gasteiger partial charge is 0.435 e. The maximum Gasteiger partial charge on any atom is 0.435 e. The molecule has 2 aromatic heterocycles. The number of carbonyl (C=O) groups is 2. The summed E-state index contributed by atoms with van der Waals surface area (Å²) in [7, 11) is 1.26. The van der Waals surface area contributed by atoms with Crippen LogP contribution in [0.15, 0.2) is 22.1 Å². The molecule has 2 heterocycles. The fraction of sp³-hybridized carbons (Fsp3) is 0.182. The molecule has 2 N–H and O–H groups in total. The van der Waals surface area contributed by atoms with Gasteiger partial charge in [-0.3, -0.25) is 25.1 Å². The van der Waals surface area contributed by atoms with E-state index in [0.717, 1.165) is 22.2 Å². The smallest absolute Gasteiger partial charge is 0.274 e. The standard InChI is InChI=1S/C11H8BrF3N4O2S/c1-19-4-5(8(18-19)11(13,14)15)9(20)16-17-10(21)6-2-3-7(12)22-6/h2-4H,1H3,(H,16,20)(H,17,21). The molecular formula is C11H8BrF3N4O2S. The van der Waals surface area contributed by atoms with E-state index in [1.165, 1.54) is 13.1 Å².